The summed E-state index contributed by atoms with van der Waals surface area (Å²) in [5, 5.41) is 3.90. The number of hydrogen-bond acceptors (Lipinski definition) is 4. The topological polar surface area (TPSA) is 61.8 Å². The summed E-state index contributed by atoms with van der Waals surface area (Å²) in [6.07, 6.45) is 1.49. The minimum absolute atomic E-state index is 0.170. The zero-order valence-electron chi connectivity index (χ0n) is 16.7. The van der Waals surface area contributed by atoms with Gasteiger partial charge in [0.05, 0.1) is 11.1 Å². The summed E-state index contributed by atoms with van der Waals surface area (Å²) in [7, 11) is -3.68. The smallest absolute Gasteiger partial charge is 0.276 e. The molecule has 0 spiro atoms. The van der Waals surface area contributed by atoms with Crippen LogP contribution in [0, 0.1) is 0 Å². The molecule has 0 atom stereocenters. The Hall–Kier alpha value is -3.90. The lowest BCUT2D eigenvalue weighted by atomic mass is 10.1. The van der Waals surface area contributed by atoms with Crippen molar-refractivity contribution in [3.05, 3.63) is 121 Å². The van der Waals surface area contributed by atoms with Crippen molar-refractivity contribution in [2.45, 2.75) is 4.90 Å². The number of nitrogens with one attached hydrogen (secondary N) is 1. The van der Waals surface area contributed by atoms with Crippen LogP contribution < -0.4 is 9.73 Å². The number of rotatable bonds is 7. The molecular formula is C25H21N3O2S. The van der Waals surface area contributed by atoms with Crippen molar-refractivity contribution in [3.8, 4) is 0 Å². The van der Waals surface area contributed by atoms with Crippen LogP contribution in [0.25, 0.3) is 0 Å². The van der Waals surface area contributed by atoms with Gasteiger partial charge in [-0.3, -0.25) is 0 Å². The largest absolute Gasteiger partial charge is 0.311 e. The SMILES string of the molecule is O=S(=O)(NN=Cc1ccc(N(c2ccccc2)c2ccccc2)cc1)c1ccccc1. The van der Waals surface area contributed by atoms with Crippen molar-refractivity contribution >= 4 is 33.3 Å². The van der Waals surface area contributed by atoms with Crippen molar-refractivity contribution in [3.63, 3.8) is 0 Å². The standard InChI is InChI=1S/C25H21N3O2S/c29-31(30,25-14-8-3-9-15-25)27-26-20-21-16-18-24(19-17-21)28(22-10-4-1-5-11-22)23-12-6-2-7-13-23/h1-20,27H. The van der Waals surface area contributed by atoms with Crippen LogP contribution in [0.1, 0.15) is 5.56 Å². The summed E-state index contributed by atoms with van der Waals surface area (Å²) < 4.78 is 24.5. The summed E-state index contributed by atoms with van der Waals surface area (Å²) in [5.41, 5.74) is 3.86. The molecule has 1 N–H and O–H groups in total. The van der Waals surface area contributed by atoms with E-state index >= 15 is 0 Å². The number of hydrazone groups is 1. The predicted molar refractivity (Wildman–Crippen MR) is 125 cm³/mol. The lowest BCUT2D eigenvalue weighted by Gasteiger charge is -2.25. The first-order chi connectivity index (χ1) is 15.1. The predicted octanol–water partition coefficient (Wildman–Crippen LogP) is 5.47. The van der Waals surface area contributed by atoms with Gasteiger partial charge in [0.15, 0.2) is 0 Å². The molecular weight excluding hydrogens is 406 g/mol. The van der Waals surface area contributed by atoms with Crippen molar-refractivity contribution in [2.24, 2.45) is 5.10 Å². The molecule has 0 aliphatic carbocycles. The Morgan fingerprint density at radius 1 is 0.613 bits per heavy atom. The number of para-hydroxylation sites is 2. The van der Waals surface area contributed by atoms with Crippen LogP contribution in [-0.2, 0) is 10.0 Å². The van der Waals surface area contributed by atoms with Gasteiger partial charge < -0.3 is 4.90 Å². The van der Waals surface area contributed by atoms with Gasteiger partial charge >= 0.3 is 0 Å². The molecule has 4 aromatic rings. The molecule has 6 heteroatoms. The first kappa shape index (κ1) is 20.4. The van der Waals surface area contributed by atoms with Gasteiger partial charge in [0.2, 0.25) is 0 Å². The molecule has 0 aliphatic heterocycles. The van der Waals surface area contributed by atoms with Crippen molar-refractivity contribution in [2.75, 3.05) is 4.90 Å². The van der Waals surface area contributed by atoms with Crippen LogP contribution >= 0.6 is 0 Å². The number of sulfonamides is 1. The van der Waals surface area contributed by atoms with Crippen LogP contribution in [0.5, 0.6) is 0 Å². The van der Waals surface area contributed by atoms with Gasteiger partial charge in [-0.1, -0.05) is 66.7 Å². The molecule has 0 bridgehead atoms. The number of nitrogens with zero attached hydrogens (tertiary/aromatic N) is 2. The van der Waals surface area contributed by atoms with Gasteiger partial charge in [0.1, 0.15) is 0 Å². The highest BCUT2D eigenvalue weighted by atomic mass is 32.2. The normalized spacial score (nSPS) is 11.4. The fraction of sp³-hybridized carbons (Fsp3) is 0. The Morgan fingerprint density at radius 2 is 1.06 bits per heavy atom. The third-order valence-corrected chi connectivity index (χ3v) is 5.86. The Bertz CT molecular complexity index is 1200. The van der Waals surface area contributed by atoms with Gasteiger partial charge in [-0.05, 0) is 54.1 Å². The third-order valence-electron chi connectivity index (χ3n) is 4.62. The minimum Gasteiger partial charge on any atom is -0.311 e. The summed E-state index contributed by atoms with van der Waals surface area (Å²) in [6, 6.07) is 36.1. The van der Waals surface area contributed by atoms with Crippen LogP contribution in [0.2, 0.25) is 0 Å². The molecule has 154 valence electrons. The molecule has 0 amide bonds. The Kier molecular flexibility index (Phi) is 6.10. The summed E-state index contributed by atoms with van der Waals surface area (Å²) in [6.45, 7) is 0. The molecule has 4 aromatic carbocycles. The molecule has 0 saturated heterocycles. The highest BCUT2D eigenvalue weighted by Crippen LogP contribution is 2.33. The van der Waals surface area contributed by atoms with E-state index in [1.54, 1.807) is 18.2 Å². The van der Waals surface area contributed by atoms with Crippen LogP contribution in [0.4, 0.5) is 17.1 Å². The van der Waals surface area contributed by atoms with E-state index < -0.39 is 10.0 Å². The average molecular weight is 428 g/mol. The van der Waals surface area contributed by atoms with Gasteiger partial charge in [-0.25, -0.2) is 4.83 Å². The molecule has 0 saturated carbocycles. The highest BCUT2D eigenvalue weighted by Gasteiger charge is 2.12. The molecule has 31 heavy (non-hydrogen) atoms. The molecule has 0 unspecified atom stereocenters. The fourth-order valence-electron chi connectivity index (χ4n) is 3.13. The second-order valence-corrected chi connectivity index (χ2v) is 8.42. The maximum atomic E-state index is 12.2. The van der Waals surface area contributed by atoms with Gasteiger partial charge in [0, 0.05) is 17.1 Å². The minimum atomic E-state index is -3.68. The number of benzene rings is 4. The van der Waals surface area contributed by atoms with Crippen molar-refractivity contribution in [1.29, 1.82) is 0 Å². The van der Waals surface area contributed by atoms with Crippen molar-refractivity contribution in [1.82, 2.24) is 4.83 Å². The summed E-state index contributed by atoms with van der Waals surface area (Å²) in [4.78, 5) is 4.57. The Morgan fingerprint density at radius 3 is 1.58 bits per heavy atom. The Labute approximate surface area is 182 Å². The van der Waals surface area contributed by atoms with E-state index in [2.05, 4.69) is 39.1 Å². The van der Waals surface area contributed by atoms with E-state index in [-0.39, 0.29) is 4.90 Å². The van der Waals surface area contributed by atoms with E-state index in [9.17, 15) is 8.42 Å². The lowest BCUT2D eigenvalue weighted by Crippen LogP contribution is -2.18. The van der Waals surface area contributed by atoms with Crippen molar-refractivity contribution < 1.29 is 8.42 Å². The molecule has 0 radical (unpaired) electrons. The molecule has 0 aromatic heterocycles. The Balaban J connectivity index is 1.54. The van der Waals surface area contributed by atoms with E-state index in [1.807, 2.05) is 60.7 Å². The van der Waals surface area contributed by atoms with Gasteiger partial charge in [-0.2, -0.15) is 13.5 Å². The van der Waals surface area contributed by atoms with E-state index in [0.29, 0.717) is 0 Å². The van der Waals surface area contributed by atoms with Crippen LogP contribution in [0.15, 0.2) is 125 Å². The van der Waals surface area contributed by atoms with Gasteiger partial charge in [-0.15, -0.1) is 0 Å². The number of anilines is 3. The zero-order chi connectivity index (χ0) is 21.5. The maximum absolute atomic E-state index is 12.2. The third kappa shape index (κ3) is 4.99. The number of hydrogen-bond donors (Lipinski definition) is 1. The maximum Gasteiger partial charge on any atom is 0.276 e. The fourth-order valence-corrected chi connectivity index (χ4v) is 3.95. The van der Waals surface area contributed by atoms with E-state index in [1.165, 1.54) is 18.3 Å². The molecule has 5 nitrogen and oxygen atoms in total. The summed E-state index contributed by atoms with van der Waals surface area (Å²) in [5.74, 6) is 0. The quantitative estimate of drug-likeness (QED) is 0.314. The van der Waals surface area contributed by atoms with Crippen LogP contribution in [-0.4, -0.2) is 14.6 Å². The molecule has 4 rings (SSSR count). The summed E-state index contributed by atoms with van der Waals surface area (Å²) >= 11 is 0. The van der Waals surface area contributed by atoms with Crippen LogP contribution in [0.3, 0.4) is 0 Å². The zero-order valence-corrected chi connectivity index (χ0v) is 17.5. The van der Waals surface area contributed by atoms with Gasteiger partial charge in [0.25, 0.3) is 10.0 Å². The average Bonchev–Trinajstić information content (AvgIpc) is 2.82. The molecule has 0 fully saturated rings. The molecule has 0 aliphatic rings. The first-order valence-corrected chi connectivity index (χ1v) is 11.2. The second kappa shape index (κ2) is 9.28. The first-order valence-electron chi connectivity index (χ1n) is 9.74. The molecule has 0 heterocycles. The van der Waals surface area contributed by atoms with E-state index in [0.717, 1.165) is 22.6 Å². The highest BCUT2D eigenvalue weighted by molar-refractivity contribution is 7.89. The lowest BCUT2D eigenvalue weighted by molar-refractivity contribution is 0.584. The monoisotopic (exact) mass is 427 g/mol. The van der Waals surface area contributed by atoms with E-state index in [4.69, 9.17) is 0 Å². The second-order valence-electron chi connectivity index (χ2n) is 6.76.